The zero-order chi connectivity index (χ0) is 10.6. The van der Waals surface area contributed by atoms with Gasteiger partial charge in [-0.2, -0.15) is 0 Å². The van der Waals surface area contributed by atoms with E-state index in [9.17, 15) is 9.90 Å². The van der Waals surface area contributed by atoms with Crippen LogP contribution in [0.4, 0.5) is 0 Å². The lowest BCUT2D eigenvalue weighted by Crippen LogP contribution is -2.13. The van der Waals surface area contributed by atoms with Crippen LogP contribution in [0.3, 0.4) is 0 Å². The van der Waals surface area contributed by atoms with Crippen molar-refractivity contribution in [1.29, 1.82) is 0 Å². The summed E-state index contributed by atoms with van der Waals surface area (Å²) in [6.07, 6.45) is -0.533. The zero-order valence-electron chi connectivity index (χ0n) is 8.60. The van der Waals surface area contributed by atoms with Gasteiger partial charge in [-0.05, 0) is 11.5 Å². The molecule has 0 aromatic heterocycles. The van der Waals surface area contributed by atoms with Gasteiger partial charge < -0.3 is 5.11 Å². The van der Waals surface area contributed by atoms with Crippen molar-refractivity contribution in [1.82, 2.24) is 0 Å². The number of ketones is 1. The van der Waals surface area contributed by atoms with Crippen molar-refractivity contribution in [2.75, 3.05) is 0 Å². The summed E-state index contributed by atoms with van der Waals surface area (Å²) in [5.41, 5.74) is 0.679. The van der Waals surface area contributed by atoms with Crippen LogP contribution in [0, 0.1) is 5.92 Å². The Hall–Kier alpha value is -1.15. The molecule has 1 rings (SSSR count). The minimum Gasteiger partial charge on any atom is -0.381 e. The summed E-state index contributed by atoms with van der Waals surface area (Å²) in [4.78, 5) is 11.5. The third-order valence-electron chi connectivity index (χ3n) is 2.03. The van der Waals surface area contributed by atoms with Crippen LogP contribution in [0.25, 0.3) is 0 Å². The first-order valence-electron chi connectivity index (χ1n) is 4.87. The molecule has 1 aromatic carbocycles. The summed E-state index contributed by atoms with van der Waals surface area (Å²) in [7, 11) is 0. The monoisotopic (exact) mass is 192 g/mol. The van der Waals surface area contributed by atoms with Crippen LogP contribution < -0.4 is 0 Å². The van der Waals surface area contributed by atoms with Gasteiger partial charge in [0, 0.05) is 6.42 Å². The Labute approximate surface area is 84.6 Å². The van der Waals surface area contributed by atoms with Crippen molar-refractivity contribution in [2.45, 2.75) is 26.4 Å². The molecular weight excluding hydrogens is 176 g/mol. The number of benzene rings is 1. The fraction of sp³-hybridized carbons (Fsp3) is 0.417. The number of hydrogen-bond acceptors (Lipinski definition) is 2. The van der Waals surface area contributed by atoms with Gasteiger partial charge in [0.25, 0.3) is 0 Å². The molecule has 0 aliphatic rings. The number of aliphatic hydroxyl groups excluding tert-OH is 1. The maximum atomic E-state index is 11.5. The van der Waals surface area contributed by atoms with Gasteiger partial charge in [-0.1, -0.05) is 44.2 Å². The van der Waals surface area contributed by atoms with Gasteiger partial charge in [0.2, 0.25) is 0 Å². The van der Waals surface area contributed by atoms with Gasteiger partial charge in [0.1, 0.15) is 6.10 Å². The summed E-state index contributed by atoms with van der Waals surface area (Å²) in [6.45, 7) is 3.94. The molecule has 1 atom stereocenters. The van der Waals surface area contributed by atoms with Crippen molar-refractivity contribution >= 4 is 5.78 Å². The van der Waals surface area contributed by atoms with Crippen molar-refractivity contribution < 1.29 is 9.90 Å². The molecule has 0 bridgehead atoms. The molecular formula is C12H16O2. The predicted molar refractivity (Wildman–Crippen MR) is 55.9 cm³/mol. The molecule has 0 spiro atoms. The lowest BCUT2D eigenvalue weighted by molar-refractivity contribution is -0.128. The van der Waals surface area contributed by atoms with E-state index < -0.39 is 6.10 Å². The Balaban J connectivity index is 2.66. The summed E-state index contributed by atoms with van der Waals surface area (Å²) < 4.78 is 0. The van der Waals surface area contributed by atoms with Gasteiger partial charge in [-0.15, -0.1) is 0 Å². The molecule has 14 heavy (non-hydrogen) atoms. The van der Waals surface area contributed by atoms with Gasteiger partial charge in [-0.3, -0.25) is 4.79 Å². The fourth-order valence-corrected chi connectivity index (χ4v) is 1.34. The van der Waals surface area contributed by atoms with Crippen molar-refractivity contribution in [3.63, 3.8) is 0 Å². The second kappa shape index (κ2) is 4.91. The van der Waals surface area contributed by atoms with E-state index in [0.29, 0.717) is 17.9 Å². The Morgan fingerprint density at radius 3 is 2.36 bits per heavy atom. The molecule has 1 N–H and O–H groups in total. The summed E-state index contributed by atoms with van der Waals surface area (Å²) >= 11 is 0. The molecule has 0 amide bonds. The maximum absolute atomic E-state index is 11.5. The number of rotatable bonds is 4. The van der Waals surface area contributed by atoms with E-state index in [-0.39, 0.29) is 5.78 Å². The van der Waals surface area contributed by atoms with Crippen LogP contribution in [0.15, 0.2) is 30.3 Å². The molecule has 76 valence electrons. The van der Waals surface area contributed by atoms with Crippen LogP contribution in [-0.4, -0.2) is 10.9 Å². The third kappa shape index (κ3) is 2.96. The Morgan fingerprint density at radius 1 is 1.29 bits per heavy atom. The van der Waals surface area contributed by atoms with E-state index in [4.69, 9.17) is 0 Å². The highest BCUT2D eigenvalue weighted by Crippen LogP contribution is 2.16. The SMILES string of the molecule is CC(C)CC(=O)[C@@H](O)c1ccccc1. The minimum atomic E-state index is -0.960. The molecule has 0 fully saturated rings. The Kier molecular flexibility index (Phi) is 3.84. The molecule has 0 aliphatic carbocycles. The van der Waals surface area contributed by atoms with E-state index in [2.05, 4.69) is 0 Å². The Bertz CT molecular complexity index is 290. The number of carbonyl (C=O) groups excluding carboxylic acids is 1. The first-order chi connectivity index (χ1) is 6.61. The second-order valence-electron chi connectivity index (χ2n) is 3.88. The summed E-state index contributed by atoms with van der Waals surface area (Å²) in [5, 5.41) is 9.69. The average molecular weight is 192 g/mol. The van der Waals surface area contributed by atoms with Crippen LogP contribution in [0.1, 0.15) is 31.9 Å². The summed E-state index contributed by atoms with van der Waals surface area (Å²) in [6, 6.07) is 9.04. The number of aliphatic hydroxyl groups is 1. The molecule has 2 heteroatoms. The fourth-order valence-electron chi connectivity index (χ4n) is 1.34. The van der Waals surface area contributed by atoms with Crippen molar-refractivity contribution in [3.8, 4) is 0 Å². The quantitative estimate of drug-likeness (QED) is 0.795. The standard InChI is InChI=1S/C12H16O2/c1-9(2)8-11(13)12(14)10-6-4-3-5-7-10/h3-7,9,12,14H,8H2,1-2H3/t12-/m0/s1. The van der Waals surface area contributed by atoms with E-state index in [0.717, 1.165) is 0 Å². The largest absolute Gasteiger partial charge is 0.381 e. The van der Waals surface area contributed by atoms with Gasteiger partial charge in [-0.25, -0.2) is 0 Å². The minimum absolute atomic E-state index is 0.105. The van der Waals surface area contributed by atoms with Crippen LogP contribution in [0.5, 0.6) is 0 Å². The van der Waals surface area contributed by atoms with Crippen LogP contribution in [0.2, 0.25) is 0 Å². The number of hydrogen-bond donors (Lipinski definition) is 1. The van der Waals surface area contributed by atoms with Crippen LogP contribution >= 0.6 is 0 Å². The molecule has 0 unspecified atom stereocenters. The van der Waals surface area contributed by atoms with Crippen LogP contribution in [-0.2, 0) is 4.79 Å². The molecule has 1 aromatic rings. The molecule has 0 saturated carbocycles. The highest BCUT2D eigenvalue weighted by atomic mass is 16.3. The third-order valence-corrected chi connectivity index (χ3v) is 2.03. The smallest absolute Gasteiger partial charge is 0.166 e. The average Bonchev–Trinajstić information content (AvgIpc) is 2.17. The first kappa shape index (κ1) is 10.9. The van der Waals surface area contributed by atoms with E-state index in [1.165, 1.54) is 0 Å². The maximum Gasteiger partial charge on any atom is 0.166 e. The first-order valence-corrected chi connectivity index (χ1v) is 4.87. The number of Topliss-reactive ketones (excluding diaryl/α,β-unsaturated/α-hetero) is 1. The number of carbonyl (C=O) groups is 1. The highest BCUT2D eigenvalue weighted by Gasteiger charge is 2.17. The van der Waals surface area contributed by atoms with Crippen molar-refractivity contribution in [3.05, 3.63) is 35.9 Å². The topological polar surface area (TPSA) is 37.3 Å². The Morgan fingerprint density at radius 2 is 1.86 bits per heavy atom. The molecule has 0 aliphatic heterocycles. The van der Waals surface area contributed by atoms with Crippen molar-refractivity contribution in [2.24, 2.45) is 5.92 Å². The van der Waals surface area contributed by atoms with Gasteiger partial charge >= 0.3 is 0 Å². The molecule has 2 nitrogen and oxygen atoms in total. The predicted octanol–water partition coefficient (Wildman–Crippen LogP) is 2.34. The van der Waals surface area contributed by atoms with E-state index in [1.807, 2.05) is 32.0 Å². The highest BCUT2D eigenvalue weighted by molar-refractivity contribution is 5.84. The molecule has 0 saturated heterocycles. The van der Waals surface area contributed by atoms with E-state index >= 15 is 0 Å². The van der Waals surface area contributed by atoms with Gasteiger partial charge in [0.15, 0.2) is 5.78 Å². The lowest BCUT2D eigenvalue weighted by atomic mass is 9.99. The second-order valence-corrected chi connectivity index (χ2v) is 3.88. The van der Waals surface area contributed by atoms with E-state index in [1.54, 1.807) is 12.1 Å². The molecule has 0 radical (unpaired) electrons. The molecule has 0 heterocycles. The normalized spacial score (nSPS) is 12.9. The lowest BCUT2D eigenvalue weighted by Gasteiger charge is -2.11. The zero-order valence-corrected chi connectivity index (χ0v) is 8.60. The summed E-state index contributed by atoms with van der Waals surface area (Å²) in [5.74, 6) is 0.187. The van der Waals surface area contributed by atoms with Gasteiger partial charge in [0.05, 0.1) is 0 Å².